The highest BCUT2D eigenvalue weighted by atomic mass is 127. The summed E-state index contributed by atoms with van der Waals surface area (Å²) in [5.74, 6) is -0.170. The van der Waals surface area contributed by atoms with E-state index in [1.165, 1.54) is 6.26 Å². The smallest absolute Gasteiger partial charge is 0.241 e. The van der Waals surface area contributed by atoms with Gasteiger partial charge in [0.2, 0.25) is 5.91 Å². The molecule has 0 aliphatic carbocycles. The molecule has 0 saturated carbocycles. The number of imidazole rings is 1. The lowest BCUT2D eigenvalue weighted by atomic mass is 9.97. The van der Waals surface area contributed by atoms with Crippen molar-refractivity contribution < 1.29 is 17.6 Å². The van der Waals surface area contributed by atoms with Crippen LogP contribution in [0.15, 0.2) is 55.0 Å². The third kappa shape index (κ3) is 8.62. The predicted molar refractivity (Wildman–Crippen MR) is 162 cm³/mol. The van der Waals surface area contributed by atoms with Gasteiger partial charge < -0.3 is 9.88 Å². The zero-order chi connectivity index (χ0) is 26.6. The number of halogens is 4. The number of nitrogens with one attached hydrogen (secondary N) is 1. The second kappa shape index (κ2) is 14.4. The molecule has 2 heterocycles. The van der Waals surface area contributed by atoms with Crippen LogP contribution < -0.4 is 4.90 Å². The van der Waals surface area contributed by atoms with Gasteiger partial charge in [-0.1, -0.05) is 12.1 Å². The molecule has 1 amide bonds. The van der Waals surface area contributed by atoms with E-state index in [0.717, 1.165) is 14.8 Å². The summed E-state index contributed by atoms with van der Waals surface area (Å²) in [5, 5.41) is 9.14. The van der Waals surface area contributed by atoms with Crippen molar-refractivity contribution in [3.63, 3.8) is 0 Å². The molecule has 1 aliphatic heterocycles. The quantitative estimate of drug-likeness (QED) is 0.325. The summed E-state index contributed by atoms with van der Waals surface area (Å²) in [6.07, 6.45) is 5.37. The number of aromatic nitrogens is 2. The Balaban J connectivity index is 0.00000267. The number of hydrogen-bond acceptors (Lipinski definition) is 6. The lowest BCUT2D eigenvalue weighted by Gasteiger charge is -2.44. The molecule has 1 N–H and O–H groups in total. The molecule has 0 spiro atoms. The van der Waals surface area contributed by atoms with Gasteiger partial charge in [-0.3, -0.25) is 9.69 Å². The molecule has 39 heavy (non-hydrogen) atoms. The van der Waals surface area contributed by atoms with E-state index in [9.17, 15) is 17.6 Å². The number of anilines is 1. The maximum atomic E-state index is 13.5. The van der Waals surface area contributed by atoms with Crippen molar-refractivity contribution in [3.8, 4) is 6.07 Å². The highest BCUT2D eigenvalue weighted by Gasteiger charge is 2.38. The number of rotatable bonds is 9. The van der Waals surface area contributed by atoms with Gasteiger partial charge in [0.1, 0.15) is 16.5 Å². The summed E-state index contributed by atoms with van der Waals surface area (Å²) >= 11 is 2.10. The Morgan fingerprint density at radius 1 is 1.21 bits per heavy atom. The van der Waals surface area contributed by atoms with Crippen LogP contribution in [0, 0.1) is 14.9 Å². The third-order valence-electron chi connectivity index (χ3n) is 6.50. The van der Waals surface area contributed by atoms with Crippen molar-refractivity contribution >= 4 is 68.8 Å². The van der Waals surface area contributed by atoms with Crippen molar-refractivity contribution in [2.75, 3.05) is 30.0 Å². The summed E-state index contributed by atoms with van der Waals surface area (Å²) in [4.78, 5) is 24.5. The van der Waals surface area contributed by atoms with Gasteiger partial charge in [0.05, 0.1) is 42.0 Å². The summed E-state index contributed by atoms with van der Waals surface area (Å²) in [6.45, 7) is -0.301. The zero-order valence-corrected chi connectivity index (χ0v) is 25.7. The van der Waals surface area contributed by atoms with Crippen LogP contribution in [0.1, 0.15) is 34.8 Å². The number of H-pyrrole nitrogens is 1. The maximum Gasteiger partial charge on any atom is 0.241 e. The number of aromatic amines is 1. The van der Waals surface area contributed by atoms with E-state index < -0.39 is 16.5 Å². The average Bonchev–Trinajstić information content (AvgIpc) is 3.40. The molecule has 1 aliphatic rings. The largest absolute Gasteiger partial charge is 0.347 e. The molecule has 210 valence electrons. The number of sulfone groups is 1. The van der Waals surface area contributed by atoms with Crippen LogP contribution in [0.5, 0.6) is 0 Å². The van der Waals surface area contributed by atoms with E-state index in [1.807, 2.05) is 23.1 Å². The van der Waals surface area contributed by atoms with Gasteiger partial charge >= 0.3 is 0 Å². The summed E-state index contributed by atoms with van der Waals surface area (Å²) in [6, 6.07) is 14.1. The molecule has 4 rings (SSSR count). The van der Waals surface area contributed by atoms with Gasteiger partial charge in [0.25, 0.3) is 0 Å². The summed E-state index contributed by atoms with van der Waals surface area (Å²) < 4.78 is 38.5. The lowest BCUT2D eigenvalue weighted by molar-refractivity contribution is -0.123. The summed E-state index contributed by atoms with van der Waals surface area (Å²) in [7, 11) is -3.24. The molecule has 13 heteroatoms. The normalized spacial score (nSPS) is 16.6. The first kappa shape index (κ1) is 33.0. The molecular weight excluding hydrogens is 679 g/mol. The minimum absolute atomic E-state index is 0. The first-order chi connectivity index (χ1) is 17.7. The highest BCUT2D eigenvalue weighted by molar-refractivity contribution is 14.1. The minimum atomic E-state index is -3.24. The van der Waals surface area contributed by atoms with Crippen LogP contribution in [-0.2, 0) is 27.7 Å². The van der Waals surface area contributed by atoms with Crippen molar-refractivity contribution in [2.45, 2.75) is 31.6 Å². The van der Waals surface area contributed by atoms with Gasteiger partial charge in [0, 0.05) is 34.3 Å². The van der Waals surface area contributed by atoms with Crippen molar-refractivity contribution in [1.29, 1.82) is 5.26 Å². The number of benzene rings is 2. The van der Waals surface area contributed by atoms with Gasteiger partial charge in [-0.15, -0.1) is 24.8 Å². The van der Waals surface area contributed by atoms with Crippen LogP contribution in [-0.4, -0.2) is 60.3 Å². The molecule has 1 saturated heterocycles. The topological polar surface area (TPSA) is 110 Å². The third-order valence-corrected chi connectivity index (χ3v) is 8.10. The fourth-order valence-corrected chi connectivity index (χ4v) is 6.09. The number of piperazine rings is 1. The molecule has 2 atom stereocenters. The SMILES string of the molecule is CS(=O)(=O)CCC1CN(c2cc(I)cc(CF)c2)C(=O)CN1[C@@H](Cc1ccc(C#N)cc1)c1cnc[nH]1.Cl.Cl. The molecule has 1 fully saturated rings. The Morgan fingerprint density at radius 2 is 1.92 bits per heavy atom. The average molecular weight is 708 g/mol. The number of carbonyl (C=O) groups is 1. The van der Waals surface area contributed by atoms with E-state index in [2.05, 4.69) is 38.6 Å². The van der Waals surface area contributed by atoms with Gasteiger partial charge in [-0.05, 0) is 76.9 Å². The fraction of sp³-hybridized carbons (Fsp3) is 0.346. The van der Waals surface area contributed by atoms with Crippen LogP contribution in [0.2, 0.25) is 0 Å². The molecule has 0 radical (unpaired) electrons. The zero-order valence-electron chi connectivity index (χ0n) is 21.1. The Hall–Kier alpha value is -2.24. The molecule has 1 aromatic heterocycles. The molecular formula is C26H29Cl2FIN5O3S. The molecule has 1 unspecified atom stereocenters. The first-order valence-corrected chi connectivity index (χ1v) is 14.9. The number of nitriles is 1. The standard InChI is InChI=1S/C26H27FIN5O3S.2ClH/c1-37(35,36)7-6-22-15-33(23-9-20(12-27)8-21(28)11-23)26(34)16-32(22)25(24-14-30-17-31-24)10-18-2-4-19(13-29)5-3-18;;/h2-5,8-9,11,14,17,22,25H,6-7,10,12,15-16H2,1H3,(H,30,31);2*1H/t22?,25-;;/m0../s1. The number of amides is 1. The van der Waals surface area contributed by atoms with Crippen LogP contribution in [0.4, 0.5) is 10.1 Å². The Kier molecular flexibility index (Phi) is 12.2. The molecule has 8 nitrogen and oxygen atoms in total. The van der Waals surface area contributed by atoms with Gasteiger partial charge in [-0.25, -0.2) is 17.8 Å². The Bertz CT molecular complexity index is 1400. The Labute approximate surface area is 253 Å². The van der Waals surface area contributed by atoms with E-state index >= 15 is 0 Å². The van der Waals surface area contributed by atoms with E-state index in [0.29, 0.717) is 29.7 Å². The first-order valence-electron chi connectivity index (χ1n) is 11.7. The monoisotopic (exact) mass is 707 g/mol. The number of hydrogen-bond donors (Lipinski definition) is 1. The van der Waals surface area contributed by atoms with E-state index in [1.54, 1.807) is 41.7 Å². The van der Waals surface area contributed by atoms with Crippen molar-refractivity contribution in [3.05, 3.63) is 80.9 Å². The number of alkyl halides is 1. The molecule has 3 aromatic rings. The van der Waals surface area contributed by atoms with E-state index in [4.69, 9.17) is 5.26 Å². The van der Waals surface area contributed by atoms with Gasteiger partial charge in [0.15, 0.2) is 0 Å². The van der Waals surface area contributed by atoms with Crippen molar-refractivity contribution in [1.82, 2.24) is 14.9 Å². The number of carbonyl (C=O) groups excluding carboxylic acids is 1. The second-order valence-electron chi connectivity index (χ2n) is 9.24. The van der Waals surface area contributed by atoms with E-state index in [-0.39, 0.29) is 61.6 Å². The van der Waals surface area contributed by atoms with Gasteiger partial charge in [-0.2, -0.15) is 5.26 Å². The predicted octanol–water partition coefficient (Wildman–Crippen LogP) is 4.63. The molecule has 2 aromatic carbocycles. The highest BCUT2D eigenvalue weighted by Crippen LogP contribution is 2.32. The fourth-order valence-electron chi connectivity index (χ4n) is 4.67. The number of nitrogens with zero attached hydrogens (tertiary/aromatic N) is 4. The maximum absolute atomic E-state index is 13.5. The van der Waals surface area contributed by atoms with Crippen LogP contribution in [0.25, 0.3) is 0 Å². The Morgan fingerprint density at radius 3 is 2.51 bits per heavy atom. The molecule has 0 bridgehead atoms. The van der Waals surface area contributed by atoms with Crippen LogP contribution in [0.3, 0.4) is 0 Å². The van der Waals surface area contributed by atoms with Crippen molar-refractivity contribution in [2.24, 2.45) is 0 Å². The second-order valence-corrected chi connectivity index (χ2v) is 12.7. The summed E-state index contributed by atoms with van der Waals surface area (Å²) in [5.41, 5.74) is 3.44. The minimum Gasteiger partial charge on any atom is -0.347 e. The van der Waals surface area contributed by atoms with Crippen LogP contribution >= 0.6 is 47.4 Å². The lowest BCUT2D eigenvalue weighted by Crippen LogP contribution is -2.58.